The van der Waals surface area contributed by atoms with E-state index in [9.17, 15) is 0 Å². The van der Waals surface area contributed by atoms with Crippen molar-refractivity contribution in [1.82, 2.24) is 0 Å². The van der Waals surface area contributed by atoms with Gasteiger partial charge in [0.15, 0.2) is 0 Å². The predicted octanol–water partition coefficient (Wildman–Crippen LogP) is 1.93. The molecule has 0 amide bonds. The van der Waals surface area contributed by atoms with E-state index in [0.717, 1.165) is 39.3 Å². The molecule has 2 fully saturated rings. The van der Waals surface area contributed by atoms with Crippen molar-refractivity contribution in [2.45, 2.75) is 12.8 Å². The summed E-state index contributed by atoms with van der Waals surface area (Å²) < 4.78 is 11.0. The van der Waals surface area contributed by atoms with Crippen molar-refractivity contribution in [3.8, 4) is 0 Å². The molecular weight excluding hydrogens is 176 g/mol. The summed E-state index contributed by atoms with van der Waals surface area (Å²) in [6.07, 6.45) is 7.09. The van der Waals surface area contributed by atoms with Crippen LogP contribution in [0.3, 0.4) is 0 Å². The summed E-state index contributed by atoms with van der Waals surface area (Å²) in [5.74, 6) is 1.31. The van der Waals surface area contributed by atoms with Gasteiger partial charge >= 0.3 is 0 Å². The minimum absolute atomic E-state index is 0.657. The second-order valence-electron chi connectivity index (χ2n) is 4.45. The van der Waals surface area contributed by atoms with Gasteiger partial charge < -0.3 is 9.47 Å². The van der Waals surface area contributed by atoms with Crippen LogP contribution < -0.4 is 0 Å². The van der Waals surface area contributed by atoms with E-state index >= 15 is 0 Å². The molecule has 2 nitrogen and oxygen atoms in total. The highest BCUT2D eigenvalue weighted by Crippen LogP contribution is 2.32. The standard InChI is InChI=1S/C12H16O2/c1-2-10-6-14-8-12(10)4-3-11-7-13-5-9(1)11/h1,4,10-11H,2-3,5-8H2/b9-1-,12-4-. The van der Waals surface area contributed by atoms with Crippen molar-refractivity contribution in [1.29, 1.82) is 0 Å². The second-order valence-corrected chi connectivity index (χ2v) is 4.45. The molecule has 3 aliphatic rings. The van der Waals surface area contributed by atoms with E-state index in [2.05, 4.69) is 12.2 Å². The molecular formula is C12H16O2. The number of fused-ring (bicyclic) bond motifs is 2. The Morgan fingerprint density at radius 3 is 1.86 bits per heavy atom. The van der Waals surface area contributed by atoms with Gasteiger partial charge in [0.25, 0.3) is 0 Å². The molecule has 14 heavy (non-hydrogen) atoms. The molecule has 2 heteroatoms. The molecule has 0 saturated carbocycles. The molecule has 0 spiro atoms. The van der Waals surface area contributed by atoms with E-state index in [4.69, 9.17) is 9.47 Å². The maximum Gasteiger partial charge on any atom is 0.0680 e. The molecule has 1 aliphatic carbocycles. The molecule has 2 unspecified atom stereocenters. The SMILES string of the molecule is C1=C2/COCC2C/C=C2/COCC2C/1. The molecule has 0 radical (unpaired) electrons. The van der Waals surface area contributed by atoms with Crippen LogP contribution >= 0.6 is 0 Å². The van der Waals surface area contributed by atoms with Crippen LogP contribution in [0.15, 0.2) is 23.3 Å². The second kappa shape index (κ2) is 3.52. The van der Waals surface area contributed by atoms with Crippen molar-refractivity contribution in [2.24, 2.45) is 11.8 Å². The van der Waals surface area contributed by atoms with E-state index < -0.39 is 0 Å². The maximum atomic E-state index is 5.50. The summed E-state index contributed by atoms with van der Waals surface area (Å²) in [5, 5.41) is 0. The van der Waals surface area contributed by atoms with E-state index in [-0.39, 0.29) is 0 Å². The van der Waals surface area contributed by atoms with Gasteiger partial charge in [-0.05, 0) is 24.0 Å². The highest BCUT2D eigenvalue weighted by atomic mass is 16.5. The monoisotopic (exact) mass is 192 g/mol. The first kappa shape index (κ1) is 8.69. The number of rotatable bonds is 0. The fourth-order valence-corrected chi connectivity index (χ4v) is 2.57. The first-order valence-corrected chi connectivity index (χ1v) is 5.47. The van der Waals surface area contributed by atoms with Gasteiger partial charge in [-0.1, -0.05) is 12.2 Å². The molecule has 2 atom stereocenters. The van der Waals surface area contributed by atoms with Crippen LogP contribution in [0.2, 0.25) is 0 Å². The average molecular weight is 192 g/mol. The van der Waals surface area contributed by atoms with Crippen LogP contribution in [0.4, 0.5) is 0 Å². The molecule has 0 aromatic heterocycles. The minimum Gasteiger partial charge on any atom is -0.376 e. The summed E-state index contributed by atoms with van der Waals surface area (Å²) in [6, 6.07) is 0. The number of ether oxygens (including phenoxy) is 2. The molecule has 2 aliphatic heterocycles. The Balaban J connectivity index is 1.84. The Hall–Kier alpha value is -0.600. The fourth-order valence-electron chi connectivity index (χ4n) is 2.57. The molecule has 76 valence electrons. The lowest BCUT2D eigenvalue weighted by atomic mass is 9.88. The van der Waals surface area contributed by atoms with Gasteiger partial charge in [-0.15, -0.1) is 0 Å². The molecule has 0 aromatic rings. The number of hydrogen-bond donors (Lipinski definition) is 0. The quantitative estimate of drug-likeness (QED) is 0.546. The highest BCUT2D eigenvalue weighted by molar-refractivity contribution is 5.21. The van der Waals surface area contributed by atoms with Crippen molar-refractivity contribution in [3.63, 3.8) is 0 Å². The molecule has 3 rings (SSSR count). The third-order valence-corrected chi connectivity index (χ3v) is 3.55. The van der Waals surface area contributed by atoms with Crippen LogP contribution in [0.5, 0.6) is 0 Å². The van der Waals surface area contributed by atoms with Gasteiger partial charge in [0.1, 0.15) is 0 Å². The van der Waals surface area contributed by atoms with Crippen molar-refractivity contribution in [3.05, 3.63) is 23.3 Å². The Kier molecular flexibility index (Phi) is 2.18. The topological polar surface area (TPSA) is 18.5 Å². The first-order valence-electron chi connectivity index (χ1n) is 5.47. The largest absolute Gasteiger partial charge is 0.376 e. The molecule has 2 heterocycles. The zero-order valence-electron chi connectivity index (χ0n) is 8.37. The zero-order valence-corrected chi connectivity index (χ0v) is 8.37. The van der Waals surface area contributed by atoms with Gasteiger partial charge in [-0.2, -0.15) is 0 Å². The van der Waals surface area contributed by atoms with Crippen LogP contribution in [-0.2, 0) is 9.47 Å². The van der Waals surface area contributed by atoms with Crippen LogP contribution in [0.1, 0.15) is 12.8 Å². The minimum atomic E-state index is 0.657. The van der Waals surface area contributed by atoms with Crippen LogP contribution in [0.25, 0.3) is 0 Å². The molecule has 0 N–H and O–H groups in total. The van der Waals surface area contributed by atoms with Crippen LogP contribution in [0, 0.1) is 11.8 Å². The lowest BCUT2D eigenvalue weighted by Gasteiger charge is -2.15. The van der Waals surface area contributed by atoms with Crippen molar-refractivity contribution < 1.29 is 9.47 Å². The van der Waals surface area contributed by atoms with Gasteiger partial charge in [0.2, 0.25) is 0 Å². The van der Waals surface area contributed by atoms with Gasteiger partial charge in [0, 0.05) is 11.8 Å². The van der Waals surface area contributed by atoms with Gasteiger partial charge in [-0.25, -0.2) is 0 Å². The summed E-state index contributed by atoms with van der Waals surface area (Å²) >= 11 is 0. The van der Waals surface area contributed by atoms with Gasteiger partial charge in [0.05, 0.1) is 26.4 Å². The fraction of sp³-hybridized carbons (Fsp3) is 0.667. The summed E-state index contributed by atoms with van der Waals surface area (Å²) in [4.78, 5) is 0. The summed E-state index contributed by atoms with van der Waals surface area (Å²) in [6.45, 7) is 3.56. The zero-order chi connectivity index (χ0) is 9.38. The van der Waals surface area contributed by atoms with E-state index in [0.29, 0.717) is 11.8 Å². The third-order valence-electron chi connectivity index (χ3n) is 3.55. The molecule has 0 bridgehead atoms. The van der Waals surface area contributed by atoms with E-state index in [1.165, 1.54) is 11.1 Å². The average Bonchev–Trinajstić information content (AvgIpc) is 2.75. The summed E-state index contributed by atoms with van der Waals surface area (Å²) in [5.41, 5.74) is 3.04. The smallest absolute Gasteiger partial charge is 0.0680 e. The first-order chi connectivity index (χ1) is 6.93. The summed E-state index contributed by atoms with van der Waals surface area (Å²) in [7, 11) is 0. The van der Waals surface area contributed by atoms with Gasteiger partial charge in [-0.3, -0.25) is 0 Å². The third kappa shape index (κ3) is 1.43. The maximum absolute atomic E-state index is 5.50. The normalized spacial score (nSPS) is 44.0. The Morgan fingerprint density at radius 2 is 1.36 bits per heavy atom. The highest BCUT2D eigenvalue weighted by Gasteiger charge is 2.27. The van der Waals surface area contributed by atoms with Crippen molar-refractivity contribution in [2.75, 3.05) is 26.4 Å². The van der Waals surface area contributed by atoms with E-state index in [1.54, 1.807) is 0 Å². The Labute approximate surface area is 84.6 Å². The molecule has 0 aromatic carbocycles. The number of allylic oxidation sites excluding steroid dienone is 2. The predicted molar refractivity (Wildman–Crippen MR) is 54.0 cm³/mol. The van der Waals surface area contributed by atoms with E-state index in [1.807, 2.05) is 0 Å². The van der Waals surface area contributed by atoms with Crippen molar-refractivity contribution >= 4 is 0 Å². The molecule has 2 saturated heterocycles. The Bertz CT molecular complexity index is 261. The number of hydrogen-bond acceptors (Lipinski definition) is 2. The lowest BCUT2D eigenvalue weighted by Crippen LogP contribution is -2.08. The Morgan fingerprint density at radius 1 is 0.857 bits per heavy atom. The van der Waals surface area contributed by atoms with Crippen LogP contribution in [-0.4, -0.2) is 26.4 Å². The lowest BCUT2D eigenvalue weighted by molar-refractivity contribution is 0.187.